The number of rotatable bonds is 7. The highest BCUT2D eigenvalue weighted by Gasteiger charge is 2.47. The van der Waals surface area contributed by atoms with Gasteiger partial charge in [-0.05, 0) is 50.3 Å². The molecule has 32 heavy (non-hydrogen) atoms. The molecule has 2 aliphatic heterocycles. The summed E-state index contributed by atoms with van der Waals surface area (Å²) < 4.78 is 26.4. The third-order valence-corrected chi connectivity index (χ3v) is 6.21. The SMILES string of the molecule is COc1cc(N2CC3C[C@@H](C2)C3Nc2nc(Oc3cccc(F)c3)n(C(C)C)n2)ccn1. The molecule has 1 aliphatic carbocycles. The molecule has 1 saturated carbocycles. The highest BCUT2D eigenvalue weighted by molar-refractivity contribution is 5.50. The molecule has 3 aliphatic rings. The Morgan fingerprint density at radius 1 is 1.16 bits per heavy atom. The van der Waals surface area contributed by atoms with Gasteiger partial charge < -0.3 is 19.7 Å². The first kappa shape index (κ1) is 20.5. The lowest BCUT2D eigenvalue weighted by Crippen LogP contribution is -2.61. The number of anilines is 2. The molecule has 2 saturated heterocycles. The topological polar surface area (TPSA) is 77.3 Å². The summed E-state index contributed by atoms with van der Waals surface area (Å²) in [5, 5.41) is 8.14. The Hall–Kier alpha value is -3.36. The predicted octanol–water partition coefficient (Wildman–Crippen LogP) is 4.13. The maximum absolute atomic E-state index is 13.5. The Kier molecular flexibility index (Phi) is 5.32. The molecule has 2 bridgehead atoms. The Morgan fingerprint density at radius 2 is 1.97 bits per heavy atom. The summed E-state index contributed by atoms with van der Waals surface area (Å²) in [5.74, 6) is 2.23. The number of piperidine rings is 2. The molecular formula is C23H27FN6O2. The van der Waals surface area contributed by atoms with Gasteiger partial charge in [0, 0.05) is 43.1 Å². The van der Waals surface area contributed by atoms with Gasteiger partial charge in [-0.2, -0.15) is 4.98 Å². The van der Waals surface area contributed by atoms with Crippen LogP contribution in [0, 0.1) is 17.7 Å². The van der Waals surface area contributed by atoms with E-state index in [0.29, 0.717) is 41.5 Å². The minimum absolute atomic E-state index is 0.0552. The zero-order valence-corrected chi connectivity index (χ0v) is 18.4. The molecule has 3 fully saturated rings. The molecule has 1 aromatic carbocycles. The van der Waals surface area contributed by atoms with Crippen LogP contribution in [0.2, 0.25) is 0 Å². The largest absolute Gasteiger partial charge is 0.481 e. The van der Waals surface area contributed by atoms with E-state index in [9.17, 15) is 4.39 Å². The van der Waals surface area contributed by atoms with Crippen molar-refractivity contribution in [2.24, 2.45) is 11.8 Å². The van der Waals surface area contributed by atoms with E-state index in [2.05, 4.69) is 25.3 Å². The van der Waals surface area contributed by atoms with E-state index in [1.165, 1.54) is 18.6 Å². The summed E-state index contributed by atoms with van der Waals surface area (Å²) in [6.07, 6.45) is 2.97. The van der Waals surface area contributed by atoms with E-state index in [-0.39, 0.29) is 11.9 Å². The molecule has 168 valence electrons. The fourth-order valence-electron chi connectivity index (χ4n) is 4.60. The molecule has 8 nitrogen and oxygen atoms in total. The Balaban J connectivity index is 1.28. The van der Waals surface area contributed by atoms with Crippen LogP contribution < -0.4 is 19.7 Å². The van der Waals surface area contributed by atoms with Crippen LogP contribution in [0.15, 0.2) is 42.6 Å². The number of benzene rings is 1. The third kappa shape index (κ3) is 3.94. The summed E-state index contributed by atoms with van der Waals surface area (Å²) in [4.78, 5) is 11.2. The molecule has 0 radical (unpaired) electrons. The van der Waals surface area contributed by atoms with Crippen LogP contribution in [-0.4, -0.2) is 46.0 Å². The van der Waals surface area contributed by atoms with Gasteiger partial charge in [-0.1, -0.05) is 6.07 Å². The molecule has 3 aromatic rings. The van der Waals surface area contributed by atoms with Crippen molar-refractivity contribution in [3.8, 4) is 17.6 Å². The molecule has 9 heteroatoms. The quantitative estimate of drug-likeness (QED) is 0.594. The van der Waals surface area contributed by atoms with Crippen LogP contribution in [0.4, 0.5) is 16.0 Å². The van der Waals surface area contributed by atoms with Crippen molar-refractivity contribution >= 4 is 11.6 Å². The van der Waals surface area contributed by atoms with Crippen molar-refractivity contribution in [3.63, 3.8) is 0 Å². The number of ether oxygens (including phenoxy) is 2. The normalized spacial score (nSPS) is 21.9. The molecule has 3 atom stereocenters. The van der Waals surface area contributed by atoms with E-state index in [1.54, 1.807) is 30.1 Å². The number of nitrogens with one attached hydrogen (secondary N) is 1. The first-order chi connectivity index (χ1) is 15.5. The van der Waals surface area contributed by atoms with E-state index >= 15 is 0 Å². The maximum atomic E-state index is 13.5. The standard InChI is InChI=1S/C23H27FN6O2/c1-14(2)30-23(32-19-6-4-5-17(24)10-19)27-22(28-30)26-21-15-9-16(21)13-29(12-15)18-7-8-25-20(11-18)31-3/h4-8,10-11,14-16,21H,9,12-13H2,1-3H3,(H,26,28)/t15-,16?,21?/m0/s1. The van der Waals surface area contributed by atoms with E-state index in [4.69, 9.17) is 9.47 Å². The summed E-state index contributed by atoms with van der Waals surface area (Å²) in [7, 11) is 1.63. The number of aromatic nitrogens is 4. The Morgan fingerprint density at radius 3 is 2.69 bits per heavy atom. The van der Waals surface area contributed by atoms with Gasteiger partial charge in [0.2, 0.25) is 11.8 Å². The predicted molar refractivity (Wildman–Crippen MR) is 119 cm³/mol. The molecule has 0 amide bonds. The van der Waals surface area contributed by atoms with Crippen molar-refractivity contribution in [1.82, 2.24) is 19.7 Å². The molecule has 2 unspecified atom stereocenters. The number of methoxy groups -OCH3 is 1. The average molecular weight is 439 g/mol. The van der Waals surface area contributed by atoms with Crippen molar-refractivity contribution in [3.05, 3.63) is 48.4 Å². The van der Waals surface area contributed by atoms with E-state index in [1.807, 2.05) is 26.0 Å². The lowest BCUT2D eigenvalue weighted by Gasteiger charge is -2.54. The maximum Gasteiger partial charge on any atom is 0.322 e. The van der Waals surface area contributed by atoms with Crippen LogP contribution >= 0.6 is 0 Å². The highest BCUT2D eigenvalue weighted by atomic mass is 19.1. The number of halogens is 1. The van der Waals surface area contributed by atoms with E-state index in [0.717, 1.165) is 18.8 Å². The minimum Gasteiger partial charge on any atom is -0.481 e. The monoisotopic (exact) mass is 438 g/mol. The number of fused-ring (bicyclic) bond motifs is 2. The number of hydrogen-bond donors (Lipinski definition) is 1. The lowest BCUT2D eigenvalue weighted by atomic mass is 9.66. The number of pyridine rings is 1. The molecule has 1 N–H and O–H groups in total. The van der Waals surface area contributed by atoms with Gasteiger partial charge in [0.1, 0.15) is 11.6 Å². The van der Waals surface area contributed by atoms with Gasteiger partial charge in [0.25, 0.3) is 0 Å². The zero-order valence-electron chi connectivity index (χ0n) is 18.4. The first-order valence-electron chi connectivity index (χ1n) is 10.9. The third-order valence-electron chi connectivity index (χ3n) is 6.21. The molecule has 6 rings (SSSR count). The second kappa shape index (κ2) is 8.29. The summed E-state index contributed by atoms with van der Waals surface area (Å²) in [6, 6.07) is 10.8. The van der Waals surface area contributed by atoms with Crippen molar-refractivity contribution in [1.29, 1.82) is 0 Å². The van der Waals surface area contributed by atoms with E-state index < -0.39 is 0 Å². The van der Waals surface area contributed by atoms with Crippen LogP contribution in [0.25, 0.3) is 0 Å². The highest BCUT2D eigenvalue weighted by Crippen LogP contribution is 2.43. The van der Waals surface area contributed by atoms with Gasteiger partial charge in [-0.15, -0.1) is 5.10 Å². The van der Waals surface area contributed by atoms with Gasteiger partial charge >= 0.3 is 6.01 Å². The minimum atomic E-state index is -0.352. The van der Waals surface area contributed by atoms with Gasteiger partial charge in [0.05, 0.1) is 13.2 Å². The summed E-state index contributed by atoms with van der Waals surface area (Å²) in [6.45, 7) is 5.93. The summed E-state index contributed by atoms with van der Waals surface area (Å²) >= 11 is 0. The van der Waals surface area contributed by atoms with Crippen LogP contribution in [0.3, 0.4) is 0 Å². The number of nitrogens with zero attached hydrogens (tertiary/aromatic N) is 5. The van der Waals surface area contributed by atoms with Crippen molar-refractivity contribution in [2.75, 3.05) is 30.4 Å². The van der Waals surface area contributed by atoms with Crippen molar-refractivity contribution in [2.45, 2.75) is 32.4 Å². The van der Waals surface area contributed by atoms with Crippen LogP contribution in [-0.2, 0) is 0 Å². The zero-order chi connectivity index (χ0) is 22.2. The molecule has 0 spiro atoms. The lowest BCUT2D eigenvalue weighted by molar-refractivity contribution is 0.130. The van der Waals surface area contributed by atoms with Gasteiger partial charge in [-0.25, -0.2) is 14.1 Å². The average Bonchev–Trinajstić information content (AvgIpc) is 3.20. The fourth-order valence-corrected chi connectivity index (χ4v) is 4.60. The second-order valence-corrected chi connectivity index (χ2v) is 8.70. The summed E-state index contributed by atoms with van der Waals surface area (Å²) in [5.41, 5.74) is 1.14. The fraction of sp³-hybridized carbons (Fsp3) is 0.435. The Bertz CT molecular complexity index is 1090. The smallest absolute Gasteiger partial charge is 0.322 e. The van der Waals surface area contributed by atoms with Crippen LogP contribution in [0.1, 0.15) is 26.3 Å². The second-order valence-electron chi connectivity index (χ2n) is 8.70. The Labute approximate surface area is 186 Å². The van der Waals surface area contributed by atoms with Gasteiger partial charge in [-0.3, -0.25) is 0 Å². The molecule has 2 aromatic heterocycles. The number of hydrogen-bond acceptors (Lipinski definition) is 7. The van der Waals surface area contributed by atoms with Crippen LogP contribution in [0.5, 0.6) is 17.6 Å². The molecule has 4 heterocycles. The van der Waals surface area contributed by atoms with Crippen molar-refractivity contribution < 1.29 is 13.9 Å². The molecular weight excluding hydrogens is 411 g/mol. The first-order valence-corrected chi connectivity index (χ1v) is 10.9. The van der Waals surface area contributed by atoms with Gasteiger partial charge in [0.15, 0.2) is 0 Å².